The molecule has 24 heavy (non-hydrogen) atoms. The first-order valence-corrected chi connectivity index (χ1v) is 10.3. The fraction of sp³-hybridized carbons (Fsp3) is 1.00. The largest absolute Gasteiger partial charge is 0.389 e. The summed E-state index contributed by atoms with van der Waals surface area (Å²) in [6, 6.07) is -0.730. The molecule has 1 heterocycles. The first kappa shape index (κ1) is 21.8. The molecule has 0 aromatic rings. The van der Waals surface area contributed by atoms with E-state index in [9.17, 15) is 18.7 Å². The SMILES string of the molecule is CCCCOC1[C@@H](COS(C)(=O)=O)N(O)C[C@H](O)[C@H]1OCCCC. The first-order chi connectivity index (χ1) is 11.3. The maximum Gasteiger partial charge on any atom is 0.264 e. The Morgan fingerprint density at radius 3 is 2.12 bits per heavy atom. The summed E-state index contributed by atoms with van der Waals surface area (Å²) < 4.78 is 39.0. The molecule has 0 bridgehead atoms. The second-order valence-electron chi connectivity index (χ2n) is 6.12. The summed E-state index contributed by atoms with van der Waals surface area (Å²) in [7, 11) is -3.64. The van der Waals surface area contributed by atoms with Crippen LogP contribution in [0.1, 0.15) is 39.5 Å². The minimum Gasteiger partial charge on any atom is -0.389 e. The lowest BCUT2D eigenvalue weighted by Crippen LogP contribution is -2.63. The fourth-order valence-corrected chi connectivity index (χ4v) is 2.94. The van der Waals surface area contributed by atoms with Crippen LogP contribution in [0.2, 0.25) is 0 Å². The standard InChI is InChI=1S/C15H31NO7S/c1-4-6-8-21-14-12(11-23-24(3,19)20)16(18)10-13(17)15(14)22-9-7-5-2/h12-15,17-18H,4-11H2,1-3H3/t12-,13+,14?,15-/m1/s1. The van der Waals surface area contributed by atoms with E-state index in [1.54, 1.807) is 0 Å². The molecule has 9 heteroatoms. The molecular weight excluding hydrogens is 338 g/mol. The maximum atomic E-state index is 11.3. The average Bonchev–Trinajstić information content (AvgIpc) is 2.48. The Morgan fingerprint density at radius 2 is 1.62 bits per heavy atom. The van der Waals surface area contributed by atoms with Crippen LogP contribution in [0, 0.1) is 0 Å². The minimum absolute atomic E-state index is 0.0534. The van der Waals surface area contributed by atoms with Gasteiger partial charge < -0.3 is 19.8 Å². The number of unbranched alkanes of at least 4 members (excludes halogenated alkanes) is 2. The molecule has 0 aliphatic carbocycles. The molecule has 1 fully saturated rings. The number of rotatable bonds is 11. The third-order valence-electron chi connectivity index (χ3n) is 3.91. The summed E-state index contributed by atoms with van der Waals surface area (Å²) >= 11 is 0. The zero-order valence-corrected chi connectivity index (χ0v) is 15.6. The number of nitrogens with zero attached hydrogens (tertiary/aromatic N) is 1. The van der Waals surface area contributed by atoms with Gasteiger partial charge in [0.2, 0.25) is 0 Å². The van der Waals surface area contributed by atoms with Crippen molar-refractivity contribution in [3.63, 3.8) is 0 Å². The van der Waals surface area contributed by atoms with Gasteiger partial charge in [0.05, 0.1) is 31.6 Å². The third kappa shape index (κ3) is 7.30. The Morgan fingerprint density at radius 1 is 1.08 bits per heavy atom. The van der Waals surface area contributed by atoms with E-state index in [0.29, 0.717) is 13.2 Å². The molecule has 0 radical (unpaired) electrons. The van der Waals surface area contributed by atoms with Crippen LogP contribution in [0.5, 0.6) is 0 Å². The highest BCUT2D eigenvalue weighted by Gasteiger charge is 2.45. The predicted octanol–water partition coefficient (Wildman–Crippen LogP) is 0.768. The summed E-state index contributed by atoms with van der Waals surface area (Å²) in [4.78, 5) is 0. The highest BCUT2D eigenvalue weighted by Crippen LogP contribution is 2.24. The molecule has 4 atom stereocenters. The molecule has 0 amide bonds. The van der Waals surface area contributed by atoms with Crippen LogP contribution in [-0.4, -0.2) is 80.8 Å². The van der Waals surface area contributed by atoms with E-state index in [4.69, 9.17) is 13.7 Å². The van der Waals surface area contributed by atoms with Crippen molar-refractivity contribution in [1.29, 1.82) is 0 Å². The van der Waals surface area contributed by atoms with Crippen LogP contribution in [-0.2, 0) is 23.8 Å². The van der Waals surface area contributed by atoms with Crippen molar-refractivity contribution in [3.8, 4) is 0 Å². The van der Waals surface area contributed by atoms with Crippen molar-refractivity contribution in [1.82, 2.24) is 5.06 Å². The minimum atomic E-state index is -3.64. The van der Waals surface area contributed by atoms with Gasteiger partial charge in [-0.3, -0.25) is 4.18 Å². The van der Waals surface area contributed by atoms with E-state index in [2.05, 4.69) is 0 Å². The molecule has 1 unspecified atom stereocenters. The summed E-state index contributed by atoms with van der Waals surface area (Å²) in [6.07, 6.45) is 2.27. The molecule has 0 aromatic heterocycles. The number of hydrogen-bond acceptors (Lipinski definition) is 8. The van der Waals surface area contributed by atoms with Gasteiger partial charge in [0, 0.05) is 13.2 Å². The van der Waals surface area contributed by atoms with Crippen LogP contribution in [0.3, 0.4) is 0 Å². The second kappa shape index (κ2) is 10.6. The van der Waals surface area contributed by atoms with Gasteiger partial charge in [-0.25, -0.2) is 0 Å². The predicted molar refractivity (Wildman–Crippen MR) is 88.4 cm³/mol. The normalized spacial score (nSPS) is 29.0. The van der Waals surface area contributed by atoms with Gasteiger partial charge >= 0.3 is 0 Å². The number of piperidine rings is 1. The van der Waals surface area contributed by atoms with Crippen LogP contribution < -0.4 is 0 Å². The maximum absolute atomic E-state index is 11.3. The zero-order valence-electron chi connectivity index (χ0n) is 14.8. The van der Waals surface area contributed by atoms with Crippen LogP contribution in [0.15, 0.2) is 0 Å². The Balaban J connectivity index is 2.84. The number of β-amino-alcohol motifs (C(OH)–C–C–N with tert-alkyl or cyclic N) is 1. The molecule has 0 spiro atoms. The summed E-state index contributed by atoms with van der Waals surface area (Å²) in [6.45, 7) is 4.65. The van der Waals surface area contributed by atoms with Crippen molar-refractivity contribution in [2.24, 2.45) is 0 Å². The van der Waals surface area contributed by atoms with Crippen molar-refractivity contribution in [2.45, 2.75) is 63.9 Å². The number of hydroxylamine groups is 2. The summed E-state index contributed by atoms with van der Waals surface area (Å²) in [5, 5.41) is 21.2. The lowest BCUT2D eigenvalue weighted by Gasteiger charge is -2.44. The molecule has 2 N–H and O–H groups in total. The highest BCUT2D eigenvalue weighted by molar-refractivity contribution is 7.85. The highest BCUT2D eigenvalue weighted by atomic mass is 32.2. The smallest absolute Gasteiger partial charge is 0.264 e. The number of ether oxygens (including phenoxy) is 2. The molecule has 1 saturated heterocycles. The molecule has 1 rings (SSSR count). The Kier molecular flexibility index (Phi) is 9.65. The van der Waals surface area contributed by atoms with Gasteiger partial charge in [0.15, 0.2) is 0 Å². The summed E-state index contributed by atoms with van der Waals surface area (Å²) in [5.74, 6) is 0. The lowest BCUT2D eigenvalue weighted by atomic mass is 9.95. The van der Waals surface area contributed by atoms with Crippen LogP contribution in [0.25, 0.3) is 0 Å². The number of aliphatic hydroxyl groups excluding tert-OH is 1. The van der Waals surface area contributed by atoms with E-state index in [1.807, 2.05) is 13.8 Å². The quantitative estimate of drug-likeness (QED) is 0.406. The summed E-state index contributed by atoms with van der Waals surface area (Å²) in [5.41, 5.74) is 0. The van der Waals surface area contributed by atoms with E-state index in [0.717, 1.165) is 37.0 Å². The van der Waals surface area contributed by atoms with E-state index < -0.39 is 34.5 Å². The van der Waals surface area contributed by atoms with E-state index in [1.165, 1.54) is 0 Å². The van der Waals surface area contributed by atoms with Crippen LogP contribution in [0.4, 0.5) is 0 Å². The van der Waals surface area contributed by atoms with Gasteiger partial charge in [-0.05, 0) is 12.8 Å². The van der Waals surface area contributed by atoms with E-state index in [-0.39, 0.29) is 13.2 Å². The van der Waals surface area contributed by atoms with Crippen molar-refractivity contribution in [2.75, 3.05) is 32.6 Å². The Hall–Kier alpha value is -0.290. The fourth-order valence-electron chi connectivity index (χ4n) is 2.55. The molecule has 1 aliphatic heterocycles. The molecule has 0 aromatic carbocycles. The van der Waals surface area contributed by atoms with E-state index >= 15 is 0 Å². The lowest BCUT2D eigenvalue weighted by molar-refractivity contribution is -0.256. The topological polar surface area (TPSA) is 106 Å². The van der Waals surface area contributed by atoms with Crippen molar-refractivity contribution < 1.29 is 32.4 Å². The van der Waals surface area contributed by atoms with Gasteiger partial charge in [-0.15, -0.1) is 0 Å². The molecule has 144 valence electrons. The van der Waals surface area contributed by atoms with Gasteiger partial charge in [-0.2, -0.15) is 13.5 Å². The van der Waals surface area contributed by atoms with Gasteiger partial charge in [0.25, 0.3) is 10.1 Å². The molecular formula is C15H31NO7S. The monoisotopic (exact) mass is 369 g/mol. The van der Waals surface area contributed by atoms with Crippen molar-refractivity contribution >= 4 is 10.1 Å². The molecule has 1 aliphatic rings. The third-order valence-corrected chi connectivity index (χ3v) is 4.47. The number of aliphatic hydroxyl groups is 1. The van der Waals surface area contributed by atoms with Gasteiger partial charge in [-0.1, -0.05) is 26.7 Å². The van der Waals surface area contributed by atoms with Gasteiger partial charge in [0.1, 0.15) is 12.2 Å². The number of hydrogen-bond donors (Lipinski definition) is 2. The molecule has 0 saturated carbocycles. The second-order valence-corrected chi connectivity index (χ2v) is 7.77. The Labute approximate surface area is 144 Å². The molecule has 8 nitrogen and oxygen atoms in total. The van der Waals surface area contributed by atoms with Crippen LogP contribution >= 0.6 is 0 Å². The van der Waals surface area contributed by atoms with Crippen molar-refractivity contribution in [3.05, 3.63) is 0 Å². The Bertz CT molecular complexity index is 445. The zero-order chi connectivity index (χ0) is 18.2. The average molecular weight is 369 g/mol. The first-order valence-electron chi connectivity index (χ1n) is 8.51.